The van der Waals surface area contributed by atoms with Gasteiger partial charge in [0.15, 0.2) is 0 Å². The van der Waals surface area contributed by atoms with Crippen molar-refractivity contribution in [3.05, 3.63) is 71.7 Å². The number of aromatic nitrogens is 1. The lowest BCUT2D eigenvalue weighted by Crippen LogP contribution is -2.13. The Kier molecular flexibility index (Phi) is 3.36. The lowest BCUT2D eigenvalue weighted by Gasteiger charge is -2.08. The number of nitrogens with zero attached hydrogens (tertiary/aromatic N) is 1. The van der Waals surface area contributed by atoms with Crippen molar-refractivity contribution in [3.63, 3.8) is 0 Å². The second-order valence-electron chi connectivity index (χ2n) is 4.81. The van der Waals surface area contributed by atoms with Gasteiger partial charge < -0.3 is 5.32 Å². The fraction of sp³-hybridized carbons (Fsp3) is 0.0588. The average molecular weight is 280 g/mol. The third-order valence-electron chi connectivity index (χ3n) is 3.27. The van der Waals surface area contributed by atoms with Gasteiger partial charge in [0.25, 0.3) is 5.91 Å². The first-order valence-corrected chi connectivity index (χ1v) is 6.56. The van der Waals surface area contributed by atoms with E-state index in [2.05, 4.69) is 10.3 Å². The lowest BCUT2D eigenvalue weighted by atomic mass is 10.0. The van der Waals surface area contributed by atoms with Crippen molar-refractivity contribution in [2.24, 2.45) is 0 Å². The van der Waals surface area contributed by atoms with E-state index in [4.69, 9.17) is 0 Å². The van der Waals surface area contributed by atoms with Crippen LogP contribution in [0.2, 0.25) is 0 Å². The van der Waals surface area contributed by atoms with Crippen LogP contribution < -0.4 is 5.32 Å². The van der Waals surface area contributed by atoms with Crippen LogP contribution >= 0.6 is 0 Å². The summed E-state index contributed by atoms with van der Waals surface area (Å²) in [6.45, 7) is 1.92. The maximum atomic E-state index is 13.8. The van der Waals surface area contributed by atoms with Gasteiger partial charge in [0.2, 0.25) is 0 Å². The highest BCUT2D eigenvalue weighted by Crippen LogP contribution is 2.22. The van der Waals surface area contributed by atoms with Crippen LogP contribution in [0.1, 0.15) is 15.9 Å². The molecule has 4 heteroatoms. The molecular formula is C17H13FN2O. The highest BCUT2D eigenvalue weighted by molar-refractivity contribution is 6.12. The second-order valence-corrected chi connectivity index (χ2v) is 4.81. The third-order valence-corrected chi connectivity index (χ3v) is 3.27. The zero-order chi connectivity index (χ0) is 14.8. The van der Waals surface area contributed by atoms with Crippen LogP contribution in [-0.2, 0) is 0 Å². The van der Waals surface area contributed by atoms with E-state index in [0.717, 1.165) is 5.56 Å². The minimum atomic E-state index is -0.337. The summed E-state index contributed by atoms with van der Waals surface area (Å²) in [7, 11) is 0. The Balaban J connectivity index is 2.01. The summed E-state index contributed by atoms with van der Waals surface area (Å²) >= 11 is 0. The highest BCUT2D eigenvalue weighted by Gasteiger charge is 2.12. The number of amides is 1. The summed E-state index contributed by atoms with van der Waals surface area (Å²) < 4.78 is 13.8. The molecule has 1 aromatic heterocycles. The molecule has 3 rings (SSSR count). The number of nitrogens with one attached hydrogen (secondary N) is 1. The summed E-state index contributed by atoms with van der Waals surface area (Å²) in [6.07, 6.45) is 1.63. The molecule has 1 N–H and O–H groups in total. The van der Waals surface area contributed by atoms with Gasteiger partial charge in [0, 0.05) is 17.1 Å². The van der Waals surface area contributed by atoms with Gasteiger partial charge in [0.05, 0.1) is 0 Å². The Morgan fingerprint density at radius 3 is 2.62 bits per heavy atom. The predicted molar refractivity (Wildman–Crippen MR) is 80.8 cm³/mol. The topological polar surface area (TPSA) is 42.0 Å². The SMILES string of the molecule is Cc1ccnc(NC(=O)c2ccc(F)c3ccccc23)c1. The molecule has 21 heavy (non-hydrogen) atoms. The van der Waals surface area contributed by atoms with Gasteiger partial charge >= 0.3 is 0 Å². The smallest absolute Gasteiger partial charge is 0.257 e. The molecule has 0 radical (unpaired) electrons. The number of carbonyl (C=O) groups is 1. The molecule has 3 aromatic rings. The van der Waals surface area contributed by atoms with Crippen molar-refractivity contribution in [3.8, 4) is 0 Å². The van der Waals surface area contributed by atoms with Crippen molar-refractivity contribution in [1.29, 1.82) is 0 Å². The van der Waals surface area contributed by atoms with Crippen LogP contribution in [0.4, 0.5) is 10.2 Å². The zero-order valence-electron chi connectivity index (χ0n) is 11.4. The van der Waals surface area contributed by atoms with Gasteiger partial charge in [0.1, 0.15) is 11.6 Å². The molecule has 0 atom stereocenters. The number of carbonyl (C=O) groups excluding carboxylic acids is 1. The number of anilines is 1. The number of aryl methyl sites for hydroxylation is 1. The van der Waals surface area contributed by atoms with Crippen LogP contribution in [-0.4, -0.2) is 10.9 Å². The van der Waals surface area contributed by atoms with E-state index in [-0.39, 0.29) is 11.7 Å². The Morgan fingerprint density at radius 1 is 1.10 bits per heavy atom. The average Bonchev–Trinajstić information content (AvgIpc) is 2.48. The molecule has 1 heterocycles. The third kappa shape index (κ3) is 2.60. The molecule has 2 aromatic carbocycles. The maximum absolute atomic E-state index is 13.8. The number of hydrogen-bond acceptors (Lipinski definition) is 2. The largest absolute Gasteiger partial charge is 0.307 e. The molecule has 0 unspecified atom stereocenters. The van der Waals surface area contributed by atoms with Crippen molar-refractivity contribution in [1.82, 2.24) is 4.98 Å². The van der Waals surface area contributed by atoms with Crippen LogP contribution in [0.3, 0.4) is 0 Å². The van der Waals surface area contributed by atoms with Crippen LogP contribution in [0.25, 0.3) is 10.8 Å². The van der Waals surface area contributed by atoms with E-state index in [0.29, 0.717) is 22.2 Å². The summed E-state index contributed by atoms with van der Waals surface area (Å²) in [5, 5.41) is 3.76. The maximum Gasteiger partial charge on any atom is 0.257 e. The Hall–Kier alpha value is -2.75. The van der Waals surface area contributed by atoms with Crippen molar-refractivity contribution in [2.45, 2.75) is 6.92 Å². The normalized spacial score (nSPS) is 10.6. The first kappa shape index (κ1) is 13.2. The fourth-order valence-electron chi connectivity index (χ4n) is 2.25. The molecule has 0 aliphatic carbocycles. The summed E-state index contributed by atoms with van der Waals surface area (Å²) in [6, 6.07) is 13.3. The molecule has 0 bridgehead atoms. The lowest BCUT2D eigenvalue weighted by molar-refractivity contribution is 0.102. The molecule has 0 spiro atoms. The number of pyridine rings is 1. The predicted octanol–water partition coefficient (Wildman–Crippen LogP) is 3.93. The first-order valence-electron chi connectivity index (χ1n) is 6.56. The van der Waals surface area contributed by atoms with Gasteiger partial charge in [-0.15, -0.1) is 0 Å². The summed E-state index contributed by atoms with van der Waals surface area (Å²) in [4.78, 5) is 16.5. The van der Waals surface area contributed by atoms with Crippen molar-refractivity contribution in [2.75, 3.05) is 5.32 Å². The standard InChI is InChI=1S/C17H13FN2O/c1-11-8-9-19-16(10-11)20-17(21)14-6-7-15(18)13-5-3-2-4-12(13)14/h2-10H,1H3,(H,19,20,21). The Bertz CT molecular complexity index is 830. The molecule has 0 aliphatic heterocycles. The van der Waals surface area contributed by atoms with Gasteiger partial charge in [-0.25, -0.2) is 9.37 Å². The van der Waals surface area contributed by atoms with E-state index in [1.807, 2.05) is 13.0 Å². The summed E-state index contributed by atoms with van der Waals surface area (Å²) in [5.74, 6) is -0.159. The minimum absolute atomic E-state index is 0.302. The zero-order valence-corrected chi connectivity index (χ0v) is 11.4. The van der Waals surface area contributed by atoms with E-state index in [1.165, 1.54) is 12.1 Å². The van der Waals surface area contributed by atoms with E-state index in [1.54, 1.807) is 36.5 Å². The number of halogens is 1. The molecule has 1 amide bonds. The monoisotopic (exact) mass is 280 g/mol. The highest BCUT2D eigenvalue weighted by atomic mass is 19.1. The van der Waals surface area contributed by atoms with Crippen LogP contribution in [0, 0.1) is 12.7 Å². The molecule has 0 saturated heterocycles. The first-order chi connectivity index (χ1) is 10.1. The number of benzene rings is 2. The summed E-state index contributed by atoms with van der Waals surface area (Å²) in [5.41, 5.74) is 1.43. The molecule has 0 aliphatic rings. The quantitative estimate of drug-likeness (QED) is 0.772. The molecule has 104 valence electrons. The number of fused-ring (bicyclic) bond motifs is 1. The van der Waals surface area contributed by atoms with E-state index < -0.39 is 0 Å². The molecular weight excluding hydrogens is 267 g/mol. The van der Waals surface area contributed by atoms with Crippen LogP contribution in [0.15, 0.2) is 54.7 Å². The fourth-order valence-corrected chi connectivity index (χ4v) is 2.25. The van der Waals surface area contributed by atoms with Crippen molar-refractivity contribution < 1.29 is 9.18 Å². The van der Waals surface area contributed by atoms with Gasteiger partial charge in [-0.05, 0) is 42.1 Å². The second kappa shape index (κ2) is 5.32. The number of rotatable bonds is 2. The van der Waals surface area contributed by atoms with E-state index in [9.17, 15) is 9.18 Å². The van der Waals surface area contributed by atoms with Gasteiger partial charge in [-0.1, -0.05) is 24.3 Å². The van der Waals surface area contributed by atoms with E-state index >= 15 is 0 Å². The van der Waals surface area contributed by atoms with Gasteiger partial charge in [-0.2, -0.15) is 0 Å². The Labute approximate surface area is 121 Å². The van der Waals surface area contributed by atoms with Gasteiger partial charge in [-0.3, -0.25) is 4.79 Å². The number of hydrogen-bond donors (Lipinski definition) is 1. The molecule has 0 saturated carbocycles. The Morgan fingerprint density at radius 2 is 1.86 bits per heavy atom. The molecule has 0 fully saturated rings. The minimum Gasteiger partial charge on any atom is -0.307 e. The molecule has 3 nitrogen and oxygen atoms in total. The van der Waals surface area contributed by atoms with Crippen LogP contribution in [0.5, 0.6) is 0 Å². The van der Waals surface area contributed by atoms with Crippen molar-refractivity contribution >= 4 is 22.5 Å².